The highest BCUT2D eigenvalue weighted by molar-refractivity contribution is 6.35. The maximum Gasteiger partial charge on any atom is 0.329 e. The van der Waals surface area contributed by atoms with Crippen molar-refractivity contribution < 1.29 is 19.1 Å². The van der Waals surface area contributed by atoms with Crippen LogP contribution in [0.1, 0.15) is 30.0 Å². The van der Waals surface area contributed by atoms with Gasteiger partial charge >= 0.3 is 5.97 Å². The number of benzene rings is 1. The number of hydrogen-bond donors (Lipinski definition) is 1. The summed E-state index contributed by atoms with van der Waals surface area (Å²) in [5.41, 5.74) is -0.265. The van der Waals surface area contributed by atoms with Crippen LogP contribution in [0.25, 0.3) is 11.0 Å². The molecule has 0 aliphatic heterocycles. The van der Waals surface area contributed by atoms with E-state index in [2.05, 4.69) is 0 Å². The molecule has 0 radical (unpaired) electrons. The van der Waals surface area contributed by atoms with E-state index in [1.807, 2.05) is 0 Å². The van der Waals surface area contributed by atoms with Crippen LogP contribution >= 0.6 is 11.6 Å². The minimum Gasteiger partial charge on any atom is -0.480 e. The van der Waals surface area contributed by atoms with Gasteiger partial charge < -0.3 is 14.4 Å². The summed E-state index contributed by atoms with van der Waals surface area (Å²) >= 11 is 6.05. The Labute approximate surface area is 127 Å². The van der Waals surface area contributed by atoms with Crippen molar-refractivity contribution in [1.29, 1.82) is 0 Å². The van der Waals surface area contributed by atoms with Crippen molar-refractivity contribution in [1.82, 2.24) is 4.90 Å². The monoisotopic (exact) mass is 309 g/mol. The first-order valence-electron chi connectivity index (χ1n) is 6.37. The van der Waals surface area contributed by atoms with Gasteiger partial charge in [0.25, 0.3) is 5.91 Å². The van der Waals surface area contributed by atoms with Gasteiger partial charge in [0.15, 0.2) is 11.3 Å². The quantitative estimate of drug-likeness (QED) is 0.944. The SMILES string of the molecule is Cc1c(C(=O)N(C)C(C)(C)C(=O)O)oc2c(Cl)cccc12. The second-order valence-electron chi connectivity index (χ2n) is 5.40. The molecule has 1 amide bonds. The maximum atomic E-state index is 12.5. The topological polar surface area (TPSA) is 70.8 Å². The fourth-order valence-corrected chi connectivity index (χ4v) is 2.18. The van der Waals surface area contributed by atoms with E-state index in [-0.39, 0.29) is 5.76 Å². The molecule has 1 N–H and O–H groups in total. The number of carboxylic acid groups (broad SMARTS) is 1. The number of aryl methyl sites for hydroxylation is 1. The van der Waals surface area contributed by atoms with E-state index in [1.54, 1.807) is 25.1 Å². The molecule has 0 aliphatic rings. The van der Waals surface area contributed by atoms with E-state index < -0.39 is 17.4 Å². The van der Waals surface area contributed by atoms with Crippen molar-refractivity contribution in [2.24, 2.45) is 0 Å². The number of likely N-dealkylation sites (N-methyl/N-ethyl adjacent to an activating group) is 1. The number of rotatable bonds is 3. The van der Waals surface area contributed by atoms with Crippen LogP contribution in [0.2, 0.25) is 5.02 Å². The van der Waals surface area contributed by atoms with Crippen molar-refractivity contribution in [2.45, 2.75) is 26.3 Å². The molecule has 0 aliphatic carbocycles. The Kier molecular flexibility index (Phi) is 3.72. The van der Waals surface area contributed by atoms with Gasteiger partial charge in [0.05, 0.1) is 5.02 Å². The molecule has 0 spiro atoms. The molecule has 2 aromatic rings. The molecule has 0 saturated carbocycles. The van der Waals surface area contributed by atoms with Gasteiger partial charge in [-0.2, -0.15) is 0 Å². The highest BCUT2D eigenvalue weighted by atomic mass is 35.5. The lowest BCUT2D eigenvalue weighted by molar-refractivity contribution is -0.147. The van der Waals surface area contributed by atoms with Crippen molar-refractivity contribution in [3.8, 4) is 0 Å². The molecule has 0 saturated heterocycles. The van der Waals surface area contributed by atoms with Crippen LogP contribution < -0.4 is 0 Å². The number of carboxylic acids is 1. The fraction of sp³-hybridized carbons (Fsp3) is 0.333. The summed E-state index contributed by atoms with van der Waals surface area (Å²) in [6, 6.07) is 5.25. The average Bonchev–Trinajstić information content (AvgIpc) is 2.76. The predicted molar refractivity (Wildman–Crippen MR) is 79.8 cm³/mol. The molecule has 21 heavy (non-hydrogen) atoms. The van der Waals surface area contributed by atoms with Gasteiger partial charge in [0, 0.05) is 18.0 Å². The third-order valence-electron chi connectivity index (χ3n) is 3.78. The summed E-state index contributed by atoms with van der Waals surface area (Å²) in [7, 11) is 1.44. The van der Waals surface area contributed by atoms with Gasteiger partial charge in [-0.3, -0.25) is 4.79 Å². The largest absolute Gasteiger partial charge is 0.480 e. The number of halogens is 1. The smallest absolute Gasteiger partial charge is 0.329 e. The van der Waals surface area contributed by atoms with Crippen LogP contribution in [0, 0.1) is 6.92 Å². The molecule has 5 nitrogen and oxygen atoms in total. The van der Waals surface area contributed by atoms with Crippen molar-refractivity contribution >= 4 is 34.4 Å². The molecule has 1 aromatic heterocycles. The predicted octanol–water partition coefficient (Wildman–Crippen LogP) is 3.33. The van der Waals surface area contributed by atoms with Gasteiger partial charge in [-0.15, -0.1) is 0 Å². The highest BCUT2D eigenvalue weighted by Gasteiger charge is 2.37. The van der Waals surface area contributed by atoms with Crippen LogP contribution in [0.4, 0.5) is 0 Å². The normalized spacial score (nSPS) is 11.7. The fourth-order valence-electron chi connectivity index (χ4n) is 1.96. The van der Waals surface area contributed by atoms with Crippen molar-refractivity contribution in [3.63, 3.8) is 0 Å². The third-order valence-corrected chi connectivity index (χ3v) is 4.07. The van der Waals surface area contributed by atoms with E-state index >= 15 is 0 Å². The minimum atomic E-state index is -1.34. The van der Waals surface area contributed by atoms with Gasteiger partial charge in [-0.1, -0.05) is 23.7 Å². The molecule has 1 heterocycles. The summed E-state index contributed by atoms with van der Waals surface area (Å²) in [5, 5.41) is 10.4. The van der Waals surface area contributed by atoms with Crippen LogP contribution in [-0.4, -0.2) is 34.5 Å². The Morgan fingerprint density at radius 2 is 1.95 bits per heavy atom. The number of carbonyl (C=O) groups excluding carboxylic acids is 1. The molecule has 1 aromatic carbocycles. The summed E-state index contributed by atoms with van der Waals surface area (Å²) in [4.78, 5) is 24.9. The van der Waals surface area contributed by atoms with Gasteiger partial charge in [-0.25, -0.2) is 4.79 Å². The summed E-state index contributed by atoms with van der Waals surface area (Å²) in [6.45, 7) is 4.66. The highest BCUT2D eigenvalue weighted by Crippen LogP contribution is 2.32. The number of hydrogen-bond acceptors (Lipinski definition) is 3. The number of carbonyl (C=O) groups is 2. The molecule has 6 heteroatoms. The molecule has 0 unspecified atom stereocenters. The number of fused-ring (bicyclic) bond motifs is 1. The molecule has 0 atom stereocenters. The zero-order valence-electron chi connectivity index (χ0n) is 12.2. The zero-order valence-corrected chi connectivity index (χ0v) is 13.0. The minimum absolute atomic E-state index is 0.106. The average molecular weight is 310 g/mol. The third kappa shape index (κ3) is 2.38. The second-order valence-corrected chi connectivity index (χ2v) is 5.81. The Hall–Kier alpha value is -2.01. The first-order chi connectivity index (χ1) is 9.67. The summed E-state index contributed by atoms with van der Waals surface area (Å²) in [5.74, 6) is -1.48. The van der Waals surface area contributed by atoms with E-state index in [0.717, 1.165) is 10.3 Å². The Morgan fingerprint density at radius 3 is 2.48 bits per heavy atom. The lowest BCUT2D eigenvalue weighted by Crippen LogP contribution is -2.50. The van der Waals surface area contributed by atoms with Crippen LogP contribution in [0.3, 0.4) is 0 Å². The number of furan rings is 1. The first-order valence-corrected chi connectivity index (χ1v) is 6.75. The van der Waals surface area contributed by atoms with Gasteiger partial charge in [0.2, 0.25) is 0 Å². The summed E-state index contributed by atoms with van der Waals surface area (Å²) in [6.07, 6.45) is 0. The van der Waals surface area contributed by atoms with Crippen LogP contribution in [0.15, 0.2) is 22.6 Å². The molecular weight excluding hydrogens is 294 g/mol. The molecular formula is C15H16ClNO4. The molecule has 2 rings (SSSR count). The van der Waals surface area contributed by atoms with E-state index in [0.29, 0.717) is 16.2 Å². The Bertz CT molecular complexity index is 733. The van der Waals surface area contributed by atoms with Gasteiger partial charge in [0.1, 0.15) is 5.54 Å². The van der Waals surface area contributed by atoms with E-state index in [1.165, 1.54) is 20.9 Å². The van der Waals surface area contributed by atoms with E-state index in [9.17, 15) is 14.7 Å². The number of aliphatic carboxylic acids is 1. The van der Waals surface area contributed by atoms with Crippen LogP contribution in [-0.2, 0) is 4.79 Å². The van der Waals surface area contributed by atoms with Crippen molar-refractivity contribution in [2.75, 3.05) is 7.05 Å². The maximum absolute atomic E-state index is 12.5. The lowest BCUT2D eigenvalue weighted by atomic mass is 10.0. The Balaban J connectivity index is 2.52. The zero-order chi connectivity index (χ0) is 15.9. The molecule has 0 bridgehead atoms. The van der Waals surface area contributed by atoms with Crippen molar-refractivity contribution in [3.05, 3.63) is 34.5 Å². The summed E-state index contributed by atoms with van der Waals surface area (Å²) < 4.78 is 5.57. The first kappa shape index (κ1) is 15.4. The number of nitrogens with zero attached hydrogens (tertiary/aromatic N) is 1. The molecule has 0 fully saturated rings. The van der Waals surface area contributed by atoms with Crippen LogP contribution in [0.5, 0.6) is 0 Å². The standard InChI is InChI=1S/C15H16ClNO4/c1-8-9-6-5-7-10(16)12(9)21-11(8)13(18)17(4)15(2,3)14(19)20/h5-7H,1-4H3,(H,19,20). The number of para-hydroxylation sites is 1. The van der Waals surface area contributed by atoms with Gasteiger partial charge in [-0.05, 0) is 26.8 Å². The van der Waals surface area contributed by atoms with E-state index in [4.69, 9.17) is 16.0 Å². The lowest BCUT2D eigenvalue weighted by Gasteiger charge is -2.30. The molecule has 112 valence electrons. The second kappa shape index (κ2) is 5.07. The Morgan fingerprint density at radius 1 is 1.33 bits per heavy atom. The number of amides is 1.